The van der Waals surface area contributed by atoms with E-state index in [9.17, 15) is 0 Å². The topological polar surface area (TPSA) is 30.7 Å². The molecule has 0 saturated carbocycles. The third kappa shape index (κ3) is 2.30. The molecule has 0 fully saturated rings. The van der Waals surface area contributed by atoms with Gasteiger partial charge in [0.15, 0.2) is 0 Å². The van der Waals surface area contributed by atoms with E-state index in [0.29, 0.717) is 0 Å². The molecule has 0 bridgehead atoms. The second-order valence-electron chi connectivity index (χ2n) is 4.11. The third-order valence-electron chi connectivity index (χ3n) is 2.82. The van der Waals surface area contributed by atoms with Crippen molar-refractivity contribution in [1.82, 2.24) is 14.8 Å². The summed E-state index contributed by atoms with van der Waals surface area (Å²) in [7, 11) is 0. The average molecular weight is 235 g/mol. The lowest BCUT2D eigenvalue weighted by Crippen LogP contribution is -1.95. The van der Waals surface area contributed by atoms with E-state index >= 15 is 0 Å². The third-order valence-corrected chi connectivity index (χ3v) is 2.82. The first-order chi connectivity index (χ1) is 8.92. The highest BCUT2D eigenvalue weighted by Gasteiger charge is 1.99. The quantitative estimate of drug-likeness (QED) is 0.699. The van der Waals surface area contributed by atoms with Gasteiger partial charge in [-0.3, -0.25) is 4.98 Å². The zero-order valence-electron chi connectivity index (χ0n) is 9.90. The number of rotatable bonds is 3. The maximum absolute atomic E-state index is 4.33. The maximum atomic E-state index is 4.33. The van der Waals surface area contributed by atoms with Gasteiger partial charge in [-0.15, -0.1) is 0 Å². The molecule has 3 rings (SSSR count). The predicted molar refractivity (Wildman–Crippen MR) is 70.6 cm³/mol. The molecule has 88 valence electrons. The molecule has 0 spiro atoms. The molecule has 18 heavy (non-hydrogen) atoms. The van der Waals surface area contributed by atoms with Gasteiger partial charge in [0.05, 0.1) is 5.69 Å². The van der Waals surface area contributed by atoms with Gasteiger partial charge < -0.3 is 0 Å². The van der Waals surface area contributed by atoms with E-state index in [1.54, 1.807) is 6.20 Å². The number of aromatic nitrogens is 3. The van der Waals surface area contributed by atoms with Crippen molar-refractivity contribution in [3.8, 4) is 5.69 Å². The maximum Gasteiger partial charge on any atom is 0.0645 e. The molecular weight excluding hydrogens is 222 g/mol. The molecule has 0 aliphatic heterocycles. The highest BCUT2D eigenvalue weighted by atomic mass is 15.3. The summed E-state index contributed by atoms with van der Waals surface area (Å²) >= 11 is 0. The van der Waals surface area contributed by atoms with Crippen molar-refractivity contribution in [2.45, 2.75) is 6.42 Å². The Hall–Kier alpha value is -2.42. The Morgan fingerprint density at radius 3 is 2.44 bits per heavy atom. The molecule has 3 aromatic rings. The fourth-order valence-electron chi connectivity index (χ4n) is 1.90. The van der Waals surface area contributed by atoms with Crippen molar-refractivity contribution in [3.05, 3.63) is 78.4 Å². The largest absolute Gasteiger partial charge is 0.261 e. The smallest absolute Gasteiger partial charge is 0.0645 e. The van der Waals surface area contributed by atoms with Crippen LogP contribution in [0.1, 0.15) is 11.3 Å². The average Bonchev–Trinajstić information content (AvgIpc) is 2.95. The fourth-order valence-corrected chi connectivity index (χ4v) is 1.90. The zero-order chi connectivity index (χ0) is 12.2. The molecule has 0 saturated heterocycles. The first-order valence-corrected chi connectivity index (χ1v) is 5.91. The molecular formula is C15H13N3. The minimum atomic E-state index is 0.861. The monoisotopic (exact) mass is 235 g/mol. The van der Waals surface area contributed by atoms with E-state index in [1.807, 2.05) is 41.3 Å². The summed E-state index contributed by atoms with van der Waals surface area (Å²) < 4.78 is 1.85. The van der Waals surface area contributed by atoms with Gasteiger partial charge in [0.1, 0.15) is 0 Å². The summed E-state index contributed by atoms with van der Waals surface area (Å²) in [5.74, 6) is 0. The first kappa shape index (κ1) is 10.7. The van der Waals surface area contributed by atoms with E-state index < -0.39 is 0 Å². The summed E-state index contributed by atoms with van der Waals surface area (Å²) in [6, 6.07) is 16.3. The van der Waals surface area contributed by atoms with Crippen LogP contribution in [0.5, 0.6) is 0 Å². The van der Waals surface area contributed by atoms with Crippen LogP contribution in [0, 0.1) is 0 Å². The Balaban J connectivity index is 1.80. The van der Waals surface area contributed by atoms with Gasteiger partial charge in [-0.05, 0) is 35.9 Å². The van der Waals surface area contributed by atoms with E-state index in [-0.39, 0.29) is 0 Å². The summed E-state index contributed by atoms with van der Waals surface area (Å²) in [6.45, 7) is 0. The Morgan fingerprint density at radius 1 is 0.889 bits per heavy atom. The van der Waals surface area contributed by atoms with Crippen molar-refractivity contribution in [2.24, 2.45) is 0 Å². The Labute approximate surface area is 106 Å². The van der Waals surface area contributed by atoms with E-state index in [0.717, 1.165) is 17.8 Å². The van der Waals surface area contributed by atoms with Crippen LogP contribution in [0.25, 0.3) is 5.69 Å². The van der Waals surface area contributed by atoms with Crippen LogP contribution >= 0.6 is 0 Å². The molecule has 2 heterocycles. The Bertz CT molecular complexity index is 598. The molecule has 0 N–H and O–H groups in total. The normalized spacial score (nSPS) is 10.4. The molecule has 3 heteroatoms. The van der Waals surface area contributed by atoms with Crippen molar-refractivity contribution < 1.29 is 0 Å². The van der Waals surface area contributed by atoms with Crippen LogP contribution in [0.15, 0.2) is 67.1 Å². The minimum Gasteiger partial charge on any atom is -0.261 e. The number of pyridine rings is 1. The van der Waals surface area contributed by atoms with Gasteiger partial charge in [0.25, 0.3) is 0 Å². The molecule has 0 radical (unpaired) electrons. The van der Waals surface area contributed by atoms with E-state index in [4.69, 9.17) is 0 Å². The summed E-state index contributed by atoms with van der Waals surface area (Å²) in [6.07, 6.45) is 6.41. The van der Waals surface area contributed by atoms with Crippen molar-refractivity contribution in [3.63, 3.8) is 0 Å². The van der Waals surface area contributed by atoms with Crippen molar-refractivity contribution in [2.75, 3.05) is 0 Å². The minimum absolute atomic E-state index is 0.861. The van der Waals surface area contributed by atoms with Crippen molar-refractivity contribution >= 4 is 0 Å². The Morgan fingerprint density at radius 2 is 1.78 bits per heavy atom. The van der Waals surface area contributed by atoms with Crippen LogP contribution in [0.3, 0.4) is 0 Å². The molecule has 0 aliphatic rings. The second kappa shape index (κ2) is 4.84. The van der Waals surface area contributed by atoms with Crippen LogP contribution < -0.4 is 0 Å². The number of nitrogens with zero attached hydrogens (tertiary/aromatic N) is 3. The lowest BCUT2D eigenvalue weighted by molar-refractivity contribution is 0.879. The van der Waals surface area contributed by atoms with E-state index in [1.165, 1.54) is 5.56 Å². The van der Waals surface area contributed by atoms with Gasteiger partial charge >= 0.3 is 0 Å². The SMILES string of the molecule is c1ccc(Cc2ccc(-n3cccn3)cc2)nc1. The second-order valence-corrected chi connectivity index (χ2v) is 4.11. The highest BCUT2D eigenvalue weighted by molar-refractivity contribution is 5.35. The summed E-state index contributed by atoms with van der Waals surface area (Å²) in [4.78, 5) is 4.33. The summed E-state index contributed by atoms with van der Waals surface area (Å²) in [5.41, 5.74) is 3.42. The van der Waals surface area contributed by atoms with E-state index in [2.05, 4.69) is 34.3 Å². The zero-order valence-corrected chi connectivity index (χ0v) is 9.90. The van der Waals surface area contributed by atoms with Gasteiger partial charge in [0.2, 0.25) is 0 Å². The van der Waals surface area contributed by atoms with Gasteiger partial charge in [-0.2, -0.15) is 5.10 Å². The number of hydrogen-bond acceptors (Lipinski definition) is 2. The molecule has 0 amide bonds. The molecule has 1 aromatic carbocycles. The fraction of sp³-hybridized carbons (Fsp3) is 0.0667. The van der Waals surface area contributed by atoms with Gasteiger partial charge in [-0.25, -0.2) is 4.68 Å². The van der Waals surface area contributed by atoms with Gasteiger partial charge in [0, 0.05) is 30.7 Å². The van der Waals surface area contributed by atoms with Gasteiger partial charge in [-0.1, -0.05) is 18.2 Å². The highest BCUT2D eigenvalue weighted by Crippen LogP contribution is 2.11. The van der Waals surface area contributed by atoms with Crippen LogP contribution in [0.2, 0.25) is 0 Å². The molecule has 0 unspecified atom stereocenters. The molecule has 0 aliphatic carbocycles. The molecule has 2 aromatic heterocycles. The number of hydrogen-bond donors (Lipinski definition) is 0. The lowest BCUT2D eigenvalue weighted by Gasteiger charge is -2.04. The molecule has 0 atom stereocenters. The number of benzene rings is 1. The van der Waals surface area contributed by atoms with Crippen molar-refractivity contribution in [1.29, 1.82) is 0 Å². The van der Waals surface area contributed by atoms with Crippen LogP contribution in [0.4, 0.5) is 0 Å². The Kier molecular flexibility index (Phi) is 2.88. The lowest BCUT2D eigenvalue weighted by atomic mass is 10.1. The van der Waals surface area contributed by atoms with Crippen LogP contribution in [-0.2, 0) is 6.42 Å². The standard InChI is InChI=1S/C15H13N3/c1-2-9-16-14(4-1)12-13-5-7-15(8-6-13)18-11-3-10-17-18/h1-11H,12H2. The first-order valence-electron chi connectivity index (χ1n) is 5.91. The predicted octanol–water partition coefficient (Wildman–Crippen LogP) is 2.86. The van der Waals surface area contributed by atoms with Crippen LogP contribution in [-0.4, -0.2) is 14.8 Å². The molecule has 3 nitrogen and oxygen atoms in total. The summed E-state index contributed by atoms with van der Waals surface area (Å²) in [5, 5.41) is 4.20.